The molecule has 0 saturated carbocycles. The zero-order valence-electron chi connectivity index (χ0n) is 16.3. The van der Waals surface area contributed by atoms with Crippen LogP contribution in [0.2, 0.25) is 0 Å². The number of primary amides is 1. The van der Waals surface area contributed by atoms with E-state index >= 15 is 0 Å². The molecule has 0 aromatic rings. The van der Waals surface area contributed by atoms with Crippen LogP contribution in [0.3, 0.4) is 0 Å². The fourth-order valence-electron chi connectivity index (χ4n) is 2.34. The summed E-state index contributed by atoms with van der Waals surface area (Å²) < 4.78 is 0. The number of nitrogens with two attached hydrogens (primary N) is 3. The molecule has 14 heteroatoms. The molecule has 170 valence electrons. The molecule has 0 aliphatic heterocycles. The van der Waals surface area contributed by atoms with E-state index in [9.17, 15) is 28.8 Å². The van der Waals surface area contributed by atoms with Gasteiger partial charge >= 0.3 is 11.9 Å². The number of carboxylic acid groups (broad SMARTS) is 2. The van der Waals surface area contributed by atoms with Gasteiger partial charge in [0.15, 0.2) is 0 Å². The van der Waals surface area contributed by atoms with E-state index in [0.29, 0.717) is 19.4 Å². The summed E-state index contributed by atoms with van der Waals surface area (Å²) in [5, 5.41) is 24.3. The Kier molecular flexibility index (Phi) is 12.3. The Morgan fingerprint density at radius 3 is 1.80 bits per heavy atom. The lowest BCUT2D eigenvalue weighted by molar-refractivity contribution is -0.147. The number of unbranched alkanes of at least 4 members (excludes halogenated alkanes) is 1. The van der Waals surface area contributed by atoms with Gasteiger partial charge in [0, 0.05) is 0 Å². The predicted molar refractivity (Wildman–Crippen MR) is 101 cm³/mol. The predicted octanol–water partition coefficient (Wildman–Crippen LogP) is -4.04. The standard InChI is InChI=1S/C16H28N6O8/c17-4-2-1-3-8(20-12(24)7-18)14(27)21-9(5-11(19)23)15(28)22-10(16(29)30)6-13(25)26/h8-10H,1-7,17-18H2,(H2,19,23)(H,20,24)(H,21,27)(H,22,28)(H,25,26)(H,29,30). The van der Waals surface area contributed by atoms with Gasteiger partial charge in [0.05, 0.1) is 19.4 Å². The second kappa shape index (κ2) is 13.8. The number of aliphatic carboxylic acids is 2. The van der Waals surface area contributed by atoms with Crippen molar-refractivity contribution in [3.8, 4) is 0 Å². The average molecular weight is 432 g/mol. The molecule has 30 heavy (non-hydrogen) atoms. The molecule has 0 bridgehead atoms. The molecular weight excluding hydrogens is 404 g/mol. The number of nitrogens with one attached hydrogen (secondary N) is 3. The van der Waals surface area contributed by atoms with Crippen molar-refractivity contribution >= 4 is 35.6 Å². The maximum absolute atomic E-state index is 12.5. The Hall–Kier alpha value is -3.26. The Labute approximate surface area is 171 Å². The third-order valence-corrected chi connectivity index (χ3v) is 3.82. The first-order valence-corrected chi connectivity index (χ1v) is 9.04. The monoisotopic (exact) mass is 432 g/mol. The van der Waals surface area contributed by atoms with Crippen LogP contribution in [0.1, 0.15) is 32.1 Å². The first-order chi connectivity index (χ1) is 14.0. The van der Waals surface area contributed by atoms with Gasteiger partial charge in [-0.3, -0.25) is 24.0 Å². The molecule has 0 radical (unpaired) electrons. The molecule has 0 aromatic carbocycles. The number of carboxylic acids is 2. The van der Waals surface area contributed by atoms with E-state index in [2.05, 4.69) is 10.6 Å². The van der Waals surface area contributed by atoms with Crippen molar-refractivity contribution in [2.75, 3.05) is 13.1 Å². The number of carbonyl (C=O) groups excluding carboxylic acids is 4. The van der Waals surface area contributed by atoms with Crippen LogP contribution in [0.25, 0.3) is 0 Å². The molecule has 0 fully saturated rings. The Morgan fingerprint density at radius 2 is 1.33 bits per heavy atom. The highest BCUT2D eigenvalue weighted by Gasteiger charge is 2.31. The summed E-state index contributed by atoms with van der Waals surface area (Å²) in [6.45, 7) is -0.0343. The van der Waals surface area contributed by atoms with Crippen molar-refractivity contribution in [2.45, 2.75) is 50.2 Å². The van der Waals surface area contributed by atoms with E-state index in [0.717, 1.165) is 0 Å². The molecule has 0 aliphatic rings. The fraction of sp³-hybridized carbons (Fsp3) is 0.625. The van der Waals surface area contributed by atoms with Gasteiger partial charge < -0.3 is 43.4 Å². The first kappa shape index (κ1) is 26.7. The second-order valence-electron chi connectivity index (χ2n) is 6.34. The SMILES string of the molecule is NCCCCC(NC(=O)CN)C(=O)NC(CC(N)=O)C(=O)NC(CC(=O)O)C(=O)O. The Balaban J connectivity index is 5.36. The minimum Gasteiger partial charge on any atom is -0.481 e. The van der Waals surface area contributed by atoms with Gasteiger partial charge in [-0.15, -0.1) is 0 Å². The van der Waals surface area contributed by atoms with Crippen molar-refractivity contribution < 1.29 is 39.0 Å². The van der Waals surface area contributed by atoms with Crippen molar-refractivity contribution in [2.24, 2.45) is 17.2 Å². The number of carbonyl (C=O) groups is 6. The molecule has 0 saturated heterocycles. The van der Waals surface area contributed by atoms with Gasteiger partial charge in [0.25, 0.3) is 0 Å². The topological polar surface area (TPSA) is 257 Å². The first-order valence-electron chi connectivity index (χ1n) is 9.04. The van der Waals surface area contributed by atoms with Crippen LogP contribution in [0.15, 0.2) is 0 Å². The van der Waals surface area contributed by atoms with Gasteiger partial charge in [-0.2, -0.15) is 0 Å². The summed E-state index contributed by atoms with van der Waals surface area (Å²) >= 11 is 0. The highest BCUT2D eigenvalue weighted by molar-refractivity contribution is 5.96. The second-order valence-corrected chi connectivity index (χ2v) is 6.34. The third-order valence-electron chi connectivity index (χ3n) is 3.82. The van der Waals surface area contributed by atoms with Gasteiger partial charge in [0.1, 0.15) is 18.1 Å². The van der Waals surface area contributed by atoms with E-state index in [1.807, 2.05) is 5.32 Å². The molecule has 0 heterocycles. The number of amides is 4. The van der Waals surface area contributed by atoms with Crippen molar-refractivity contribution in [1.82, 2.24) is 16.0 Å². The normalized spacial score (nSPS) is 13.4. The van der Waals surface area contributed by atoms with E-state index in [-0.39, 0.29) is 13.0 Å². The lowest BCUT2D eigenvalue weighted by Gasteiger charge is -2.23. The van der Waals surface area contributed by atoms with Crippen LogP contribution in [-0.4, -0.2) is 77.0 Å². The largest absolute Gasteiger partial charge is 0.481 e. The summed E-state index contributed by atoms with van der Waals surface area (Å²) in [7, 11) is 0. The van der Waals surface area contributed by atoms with Gasteiger partial charge in [0.2, 0.25) is 23.6 Å². The molecule has 3 unspecified atom stereocenters. The van der Waals surface area contributed by atoms with E-state index in [1.54, 1.807) is 0 Å². The zero-order valence-corrected chi connectivity index (χ0v) is 16.3. The number of hydrogen-bond donors (Lipinski definition) is 8. The molecular formula is C16H28N6O8. The minimum atomic E-state index is -1.79. The molecule has 0 spiro atoms. The van der Waals surface area contributed by atoms with E-state index in [1.165, 1.54) is 0 Å². The van der Waals surface area contributed by atoms with Gasteiger partial charge in [-0.25, -0.2) is 4.79 Å². The minimum absolute atomic E-state index is 0.163. The molecule has 3 atom stereocenters. The van der Waals surface area contributed by atoms with E-state index < -0.39 is 66.5 Å². The maximum atomic E-state index is 12.5. The van der Waals surface area contributed by atoms with Crippen molar-refractivity contribution in [1.29, 1.82) is 0 Å². The van der Waals surface area contributed by atoms with Crippen molar-refractivity contribution in [3.63, 3.8) is 0 Å². The summed E-state index contributed by atoms with van der Waals surface area (Å²) in [6, 6.07) is -4.47. The van der Waals surface area contributed by atoms with Crippen molar-refractivity contribution in [3.05, 3.63) is 0 Å². The smallest absolute Gasteiger partial charge is 0.326 e. The number of rotatable bonds is 15. The van der Waals surface area contributed by atoms with Crippen LogP contribution >= 0.6 is 0 Å². The summed E-state index contributed by atoms with van der Waals surface area (Å²) in [5.41, 5.74) is 15.7. The summed E-state index contributed by atoms with van der Waals surface area (Å²) in [4.78, 5) is 69.6. The van der Waals surface area contributed by atoms with Crippen LogP contribution < -0.4 is 33.2 Å². The quantitative estimate of drug-likeness (QED) is 0.116. The fourth-order valence-corrected chi connectivity index (χ4v) is 2.34. The number of hydrogen-bond acceptors (Lipinski definition) is 8. The van der Waals surface area contributed by atoms with Crippen LogP contribution in [0, 0.1) is 0 Å². The molecule has 0 aliphatic carbocycles. The van der Waals surface area contributed by atoms with Gasteiger partial charge in [-0.1, -0.05) is 0 Å². The lowest BCUT2D eigenvalue weighted by atomic mass is 10.1. The highest BCUT2D eigenvalue weighted by Crippen LogP contribution is 2.04. The molecule has 4 amide bonds. The highest BCUT2D eigenvalue weighted by atomic mass is 16.4. The maximum Gasteiger partial charge on any atom is 0.326 e. The molecule has 0 rings (SSSR count). The Bertz CT molecular complexity index is 656. The zero-order chi connectivity index (χ0) is 23.3. The molecule has 0 aromatic heterocycles. The van der Waals surface area contributed by atoms with Crippen LogP contribution in [0.5, 0.6) is 0 Å². The van der Waals surface area contributed by atoms with Crippen LogP contribution in [0.4, 0.5) is 0 Å². The Morgan fingerprint density at radius 1 is 0.767 bits per heavy atom. The van der Waals surface area contributed by atoms with Crippen LogP contribution in [-0.2, 0) is 28.8 Å². The lowest BCUT2D eigenvalue weighted by Crippen LogP contribution is -2.57. The van der Waals surface area contributed by atoms with E-state index in [4.69, 9.17) is 27.4 Å². The summed E-state index contributed by atoms with van der Waals surface area (Å²) in [6.07, 6.45) is -0.421. The molecule has 11 N–H and O–H groups in total. The molecule has 14 nitrogen and oxygen atoms in total. The van der Waals surface area contributed by atoms with Gasteiger partial charge in [-0.05, 0) is 25.8 Å². The third kappa shape index (κ3) is 10.9. The summed E-state index contributed by atoms with van der Waals surface area (Å²) in [5.74, 6) is -6.67. The average Bonchev–Trinajstić information content (AvgIpc) is 2.65.